The monoisotopic (exact) mass is 628 g/mol. The van der Waals surface area contributed by atoms with Crippen LogP contribution in [0.25, 0.3) is 4.96 Å². The number of ether oxygens (including phenoxy) is 1. The molecule has 1 aromatic carbocycles. The second-order valence-electron chi connectivity index (χ2n) is 9.68. The Bertz CT molecular complexity index is 1120. The number of carbonyl (C=O) groups excluding carboxylic acids is 2. The first-order valence-corrected chi connectivity index (χ1v) is 17.4. The SMILES string of the molecule is CCCCI(C)Oc1ccc(C[C@H](NC(=O)OC(C)(C)C)C(=O)NCc2cn3cc(C)sc3n2)cc1. The van der Waals surface area contributed by atoms with Crippen molar-refractivity contribution in [1.82, 2.24) is 20.0 Å². The number of alkyl carbamates (subject to hydrolysis) is 1. The predicted octanol–water partition coefficient (Wildman–Crippen LogP) is 5.69. The van der Waals surface area contributed by atoms with Gasteiger partial charge in [0.15, 0.2) is 4.96 Å². The summed E-state index contributed by atoms with van der Waals surface area (Å²) in [5.41, 5.74) is 1.01. The van der Waals surface area contributed by atoms with Crippen molar-refractivity contribution in [2.45, 2.75) is 72.1 Å². The van der Waals surface area contributed by atoms with Crippen LogP contribution in [0.3, 0.4) is 0 Å². The van der Waals surface area contributed by atoms with E-state index in [9.17, 15) is 9.59 Å². The van der Waals surface area contributed by atoms with Crippen LogP contribution in [-0.2, 0) is 22.5 Å². The number of nitrogens with one attached hydrogen (secondary N) is 2. The van der Waals surface area contributed by atoms with Crippen molar-refractivity contribution in [3.05, 3.63) is 52.8 Å². The van der Waals surface area contributed by atoms with E-state index in [-0.39, 0.29) is 12.5 Å². The molecular weight excluding hydrogens is 591 g/mol. The van der Waals surface area contributed by atoms with Crippen LogP contribution in [0.1, 0.15) is 56.7 Å². The number of rotatable bonds is 11. The van der Waals surface area contributed by atoms with Gasteiger partial charge in [-0.15, -0.1) is 11.3 Å². The molecule has 3 aromatic rings. The van der Waals surface area contributed by atoms with Crippen molar-refractivity contribution in [3.8, 4) is 5.75 Å². The summed E-state index contributed by atoms with van der Waals surface area (Å²) in [5.74, 6) is 0.564. The number of carbonyl (C=O) groups is 2. The summed E-state index contributed by atoms with van der Waals surface area (Å²) in [4.78, 5) is 34.4. The number of thiazole rings is 1. The molecule has 0 radical (unpaired) electrons. The number of aryl methyl sites for hydroxylation is 1. The van der Waals surface area contributed by atoms with Gasteiger partial charge in [0.1, 0.15) is 0 Å². The summed E-state index contributed by atoms with van der Waals surface area (Å²) in [6.45, 7) is 9.86. The molecule has 3 rings (SSSR count). The standard InChI is InChI=1S/C26H37IN4O4S/c1-7-8-13-27(6)35-21-11-9-19(10-12-21)14-22(30-25(33)34-26(3,4)5)23(32)28-15-20-17-31-16-18(2)36-24(31)29-20/h9-12,16-17,22H,7-8,13-15H2,1-6H3,(H,28,32)(H,30,33)/t22-/m0/s1. The second-order valence-corrected chi connectivity index (χ2v) is 15.4. The van der Waals surface area contributed by atoms with Gasteiger partial charge in [-0.2, -0.15) is 0 Å². The quantitative estimate of drug-likeness (QED) is 0.210. The third-order valence-electron chi connectivity index (χ3n) is 5.11. The number of aromatic nitrogens is 2. The molecule has 0 fully saturated rings. The molecule has 0 saturated carbocycles. The number of unbranched alkanes of at least 4 members (excludes halogenated alkanes) is 1. The fraction of sp³-hybridized carbons (Fsp3) is 0.500. The third-order valence-corrected chi connectivity index (χ3v) is 9.56. The molecule has 2 heterocycles. The van der Waals surface area contributed by atoms with Crippen molar-refractivity contribution in [3.63, 3.8) is 0 Å². The molecule has 8 nitrogen and oxygen atoms in total. The van der Waals surface area contributed by atoms with Crippen LogP contribution in [0.15, 0.2) is 36.7 Å². The number of alkyl halides is 2. The zero-order valence-corrected chi connectivity index (χ0v) is 24.9. The first kappa shape index (κ1) is 28.2. The van der Waals surface area contributed by atoms with Crippen LogP contribution in [0.2, 0.25) is 0 Å². The Morgan fingerprint density at radius 1 is 1.19 bits per heavy atom. The van der Waals surface area contributed by atoms with Gasteiger partial charge in [-0.25, -0.2) is 0 Å². The molecule has 0 aliphatic heterocycles. The van der Waals surface area contributed by atoms with Gasteiger partial charge in [-0.3, -0.25) is 4.40 Å². The van der Waals surface area contributed by atoms with Gasteiger partial charge in [-0.1, -0.05) is 0 Å². The van der Waals surface area contributed by atoms with Crippen LogP contribution in [0.4, 0.5) is 4.79 Å². The van der Waals surface area contributed by atoms with E-state index in [0.717, 1.165) is 22.0 Å². The molecule has 2 amide bonds. The maximum absolute atomic E-state index is 13.1. The Morgan fingerprint density at radius 3 is 2.56 bits per heavy atom. The molecule has 36 heavy (non-hydrogen) atoms. The first-order valence-electron chi connectivity index (χ1n) is 12.1. The van der Waals surface area contributed by atoms with E-state index in [4.69, 9.17) is 7.80 Å². The minimum atomic E-state index is -1.42. The van der Waals surface area contributed by atoms with Crippen LogP contribution in [0.5, 0.6) is 5.75 Å². The van der Waals surface area contributed by atoms with Crippen molar-refractivity contribution in [2.24, 2.45) is 0 Å². The Kier molecular flexibility index (Phi) is 10.0. The summed E-state index contributed by atoms with van der Waals surface area (Å²) >= 11 is 0.177. The number of hydrogen-bond donors (Lipinski definition) is 2. The van der Waals surface area contributed by atoms with Crippen LogP contribution in [0, 0.1) is 6.92 Å². The van der Waals surface area contributed by atoms with E-state index in [2.05, 4.69) is 27.5 Å². The van der Waals surface area contributed by atoms with E-state index in [1.807, 2.05) is 48.0 Å². The van der Waals surface area contributed by atoms with Gasteiger partial charge in [0.2, 0.25) is 0 Å². The number of halogens is 1. The van der Waals surface area contributed by atoms with Gasteiger partial charge >= 0.3 is 187 Å². The predicted molar refractivity (Wildman–Crippen MR) is 153 cm³/mol. The average molecular weight is 629 g/mol. The summed E-state index contributed by atoms with van der Waals surface area (Å²) in [5, 5.41) is 5.65. The van der Waals surface area contributed by atoms with E-state index in [1.165, 1.54) is 22.1 Å². The Hall–Kier alpha value is -2.34. The number of amides is 2. The van der Waals surface area contributed by atoms with Gasteiger partial charge in [0, 0.05) is 11.1 Å². The minimum absolute atomic E-state index is 0.270. The van der Waals surface area contributed by atoms with Crippen molar-refractivity contribution in [2.75, 3.05) is 9.36 Å². The fourth-order valence-electron chi connectivity index (χ4n) is 3.43. The van der Waals surface area contributed by atoms with Crippen LogP contribution < -0.4 is 13.7 Å². The summed E-state index contributed by atoms with van der Waals surface area (Å²) in [6, 6.07) is 6.98. The number of nitrogens with zero attached hydrogens (tertiary/aromatic N) is 2. The zero-order valence-electron chi connectivity index (χ0n) is 21.9. The molecule has 0 spiro atoms. The van der Waals surface area contributed by atoms with E-state index >= 15 is 0 Å². The normalized spacial score (nSPS) is 12.8. The van der Waals surface area contributed by atoms with Crippen LogP contribution in [-0.4, -0.2) is 42.4 Å². The summed E-state index contributed by atoms with van der Waals surface area (Å²) < 4.78 is 14.6. The van der Waals surface area contributed by atoms with Crippen molar-refractivity contribution < 1.29 is 17.4 Å². The third kappa shape index (κ3) is 8.95. The van der Waals surface area contributed by atoms with Crippen LogP contribution >= 0.6 is 31.6 Å². The first-order chi connectivity index (χ1) is 17.0. The molecule has 198 valence electrons. The fourth-order valence-corrected chi connectivity index (χ4v) is 7.48. The molecule has 1 atom stereocenters. The topological polar surface area (TPSA) is 94.0 Å². The van der Waals surface area contributed by atoms with E-state index in [1.54, 1.807) is 32.1 Å². The van der Waals surface area contributed by atoms with Crippen molar-refractivity contribution in [1.29, 1.82) is 0 Å². The molecule has 0 aliphatic rings. The van der Waals surface area contributed by atoms with Gasteiger partial charge in [-0.05, 0) is 6.92 Å². The molecule has 2 N–H and O–H groups in total. The summed E-state index contributed by atoms with van der Waals surface area (Å²) in [7, 11) is 0. The number of hydrogen-bond acceptors (Lipinski definition) is 6. The molecule has 0 aliphatic carbocycles. The Morgan fingerprint density at radius 2 is 1.92 bits per heavy atom. The van der Waals surface area contributed by atoms with Gasteiger partial charge < -0.3 is 0 Å². The molecule has 2 aromatic heterocycles. The average Bonchev–Trinajstić information content (AvgIpc) is 3.32. The van der Waals surface area contributed by atoms with E-state index in [0.29, 0.717) is 6.42 Å². The molecular formula is C26H37IN4O4S. The van der Waals surface area contributed by atoms with Gasteiger partial charge in [0.25, 0.3) is 0 Å². The zero-order chi connectivity index (χ0) is 26.3. The van der Waals surface area contributed by atoms with Gasteiger partial charge in [0.05, 0.1) is 0 Å². The molecule has 0 unspecified atom stereocenters. The molecule has 0 bridgehead atoms. The summed E-state index contributed by atoms with van der Waals surface area (Å²) in [6.07, 6.45) is 5.98. The number of fused-ring (bicyclic) bond motifs is 1. The second kappa shape index (κ2) is 12.8. The maximum atomic E-state index is 13.1. The molecule has 10 heteroatoms. The molecule has 0 saturated heterocycles. The Labute approximate surface area is 225 Å². The Balaban J connectivity index is 1.65. The number of benzene rings is 1. The number of imidazole rings is 1. The van der Waals surface area contributed by atoms with E-state index < -0.39 is 38.0 Å². The van der Waals surface area contributed by atoms with Crippen molar-refractivity contribution >= 4 is 48.5 Å².